The van der Waals surface area contributed by atoms with Gasteiger partial charge in [0, 0.05) is 19.0 Å². The molecule has 1 fully saturated rings. The lowest BCUT2D eigenvalue weighted by Gasteiger charge is -2.30. The predicted octanol–water partition coefficient (Wildman–Crippen LogP) is 2.37. The minimum absolute atomic E-state index is 0.00270. The Morgan fingerprint density at radius 1 is 1.23 bits per heavy atom. The summed E-state index contributed by atoms with van der Waals surface area (Å²) in [7, 11) is -2.95. The second-order valence-corrected chi connectivity index (χ2v) is 9.05. The van der Waals surface area contributed by atoms with E-state index in [1.165, 1.54) is 13.2 Å². The Balaban J connectivity index is 1.57. The molecule has 0 radical (unpaired) electrons. The van der Waals surface area contributed by atoms with Crippen LogP contribution in [-0.2, 0) is 26.1 Å². The zero-order valence-electron chi connectivity index (χ0n) is 17.0. The average Bonchev–Trinajstić information content (AvgIpc) is 3.13. The van der Waals surface area contributed by atoms with Crippen molar-refractivity contribution in [2.24, 2.45) is 5.92 Å². The van der Waals surface area contributed by atoms with Crippen LogP contribution in [0.3, 0.4) is 0 Å². The number of amides is 1. The number of rotatable bonds is 6. The van der Waals surface area contributed by atoms with E-state index >= 15 is 0 Å². The molecule has 0 spiro atoms. The zero-order chi connectivity index (χ0) is 22.8. The number of esters is 1. The largest absolute Gasteiger partial charge is 0.465 e. The molecule has 11 heteroatoms. The summed E-state index contributed by atoms with van der Waals surface area (Å²) in [6.45, 7) is 1.67. The number of carbonyl (C=O) groups is 2. The van der Waals surface area contributed by atoms with E-state index in [0.29, 0.717) is 17.6 Å². The highest BCUT2D eigenvalue weighted by Gasteiger charge is 2.33. The molecular weight excluding hydrogens is 434 g/mol. The van der Waals surface area contributed by atoms with Crippen LogP contribution < -0.4 is 5.32 Å². The van der Waals surface area contributed by atoms with Crippen molar-refractivity contribution in [1.82, 2.24) is 9.62 Å². The second kappa shape index (κ2) is 9.15. The molecule has 2 aromatic rings. The molecule has 0 unspecified atom stereocenters. The van der Waals surface area contributed by atoms with Gasteiger partial charge in [0.05, 0.1) is 13.7 Å². The van der Waals surface area contributed by atoms with Crippen LogP contribution in [0.1, 0.15) is 34.7 Å². The standard InChI is InChI=1S/C20H22F2N2O6S/c1-12-16(20(26)29-2)10-15(30-12)11-23-19(25)13-5-7-24(8-6-13)31(27,28)18-9-14(21)3-4-17(18)22/h3-4,9-10,13H,5-8,11H2,1-2H3,(H,23,25). The summed E-state index contributed by atoms with van der Waals surface area (Å²) in [5, 5.41) is 2.71. The van der Waals surface area contributed by atoms with Crippen molar-refractivity contribution in [3.05, 3.63) is 53.0 Å². The van der Waals surface area contributed by atoms with Gasteiger partial charge in [0.1, 0.15) is 33.6 Å². The van der Waals surface area contributed by atoms with Crippen molar-refractivity contribution in [3.63, 3.8) is 0 Å². The van der Waals surface area contributed by atoms with Gasteiger partial charge in [-0.2, -0.15) is 4.31 Å². The van der Waals surface area contributed by atoms with Gasteiger partial charge in [0.2, 0.25) is 15.9 Å². The van der Waals surface area contributed by atoms with E-state index in [2.05, 4.69) is 10.1 Å². The van der Waals surface area contributed by atoms with Crippen LogP contribution in [-0.4, -0.2) is 44.8 Å². The maximum Gasteiger partial charge on any atom is 0.341 e. The quantitative estimate of drug-likeness (QED) is 0.669. The first-order valence-electron chi connectivity index (χ1n) is 9.54. The van der Waals surface area contributed by atoms with Gasteiger partial charge in [-0.1, -0.05) is 0 Å². The van der Waals surface area contributed by atoms with Gasteiger partial charge in [0.15, 0.2) is 0 Å². The van der Waals surface area contributed by atoms with Crippen LogP contribution >= 0.6 is 0 Å². The highest BCUT2D eigenvalue weighted by molar-refractivity contribution is 7.89. The number of piperidine rings is 1. The fourth-order valence-corrected chi connectivity index (χ4v) is 4.98. The van der Waals surface area contributed by atoms with Crippen molar-refractivity contribution in [2.45, 2.75) is 31.2 Å². The normalized spacial score (nSPS) is 15.6. The summed E-state index contributed by atoms with van der Waals surface area (Å²) >= 11 is 0. The lowest BCUT2D eigenvalue weighted by atomic mass is 9.97. The molecule has 0 aliphatic carbocycles. The maximum atomic E-state index is 13.9. The number of methoxy groups -OCH3 is 1. The van der Waals surface area contributed by atoms with Gasteiger partial charge >= 0.3 is 5.97 Å². The molecule has 1 aromatic carbocycles. The van der Waals surface area contributed by atoms with Crippen LogP contribution in [0.25, 0.3) is 0 Å². The topological polar surface area (TPSA) is 106 Å². The van der Waals surface area contributed by atoms with Crippen molar-refractivity contribution in [3.8, 4) is 0 Å². The van der Waals surface area contributed by atoms with Crippen molar-refractivity contribution >= 4 is 21.9 Å². The Bertz CT molecular complexity index is 1090. The molecule has 2 heterocycles. The van der Waals surface area contributed by atoms with E-state index in [0.717, 1.165) is 16.4 Å². The summed E-state index contributed by atoms with van der Waals surface area (Å²) in [6.07, 6.45) is 0.458. The molecule has 0 atom stereocenters. The molecule has 8 nitrogen and oxygen atoms in total. The fourth-order valence-electron chi connectivity index (χ4n) is 3.43. The molecule has 31 heavy (non-hydrogen) atoms. The smallest absolute Gasteiger partial charge is 0.341 e. The van der Waals surface area contributed by atoms with Gasteiger partial charge < -0.3 is 14.5 Å². The number of nitrogens with one attached hydrogen (secondary N) is 1. The maximum absolute atomic E-state index is 13.9. The van der Waals surface area contributed by atoms with Crippen molar-refractivity contribution < 1.29 is 35.9 Å². The highest BCUT2D eigenvalue weighted by Crippen LogP contribution is 2.26. The molecule has 1 aromatic heterocycles. The number of benzene rings is 1. The zero-order valence-corrected chi connectivity index (χ0v) is 17.8. The molecule has 1 saturated heterocycles. The fraction of sp³-hybridized carbons (Fsp3) is 0.400. The van der Waals surface area contributed by atoms with Crippen molar-refractivity contribution in [2.75, 3.05) is 20.2 Å². The number of nitrogens with zero attached hydrogens (tertiary/aromatic N) is 1. The first kappa shape index (κ1) is 22.9. The summed E-state index contributed by atoms with van der Waals surface area (Å²) in [5.74, 6) is -2.39. The second-order valence-electron chi connectivity index (χ2n) is 7.15. The lowest BCUT2D eigenvalue weighted by Crippen LogP contribution is -2.43. The summed E-state index contributed by atoms with van der Waals surface area (Å²) < 4.78 is 63.7. The van der Waals surface area contributed by atoms with Gasteiger partial charge in [-0.3, -0.25) is 4.79 Å². The molecule has 1 N–H and O–H groups in total. The number of furan rings is 1. The molecule has 168 valence electrons. The third kappa shape index (κ3) is 4.93. The Morgan fingerprint density at radius 3 is 2.55 bits per heavy atom. The summed E-state index contributed by atoms with van der Waals surface area (Å²) in [6, 6.07) is 3.76. The van der Waals surface area contributed by atoms with Crippen molar-refractivity contribution in [1.29, 1.82) is 0 Å². The molecule has 0 bridgehead atoms. The number of hydrogen-bond donors (Lipinski definition) is 1. The Morgan fingerprint density at radius 2 is 1.90 bits per heavy atom. The van der Waals surface area contributed by atoms with Crippen LogP contribution in [0.4, 0.5) is 8.78 Å². The molecule has 1 aliphatic heterocycles. The van der Waals surface area contributed by atoms with E-state index in [9.17, 15) is 26.8 Å². The molecule has 3 rings (SSSR count). The molecule has 1 aliphatic rings. The van der Waals surface area contributed by atoms with E-state index in [1.54, 1.807) is 6.92 Å². The van der Waals surface area contributed by atoms with Crippen LogP contribution in [0.2, 0.25) is 0 Å². The first-order valence-corrected chi connectivity index (χ1v) is 11.0. The van der Waals surface area contributed by atoms with Gasteiger partial charge in [-0.15, -0.1) is 0 Å². The SMILES string of the molecule is COC(=O)c1cc(CNC(=O)C2CCN(S(=O)(=O)c3cc(F)ccc3F)CC2)oc1C. The third-order valence-corrected chi connectivity index (χ3v) is 7.06. The predicted molar refractivity (Wildman–Crippen MR) is 104 cm³/mol. The van der Waals surface area contributed by atoms with Crippen LogP contribution in [0.15, 0.2) is 33.6 Å². The van der Waals surface area contributed by atoms with Gasteiger partial charge in [-0.05, 0) is 44.0 Å². The van der Waals surface area contributed by atoms with E-state index in [4.69, 9.17) is 4.42 Å². The number of halogens is 2. The number of aryl methyl sites for hydroxylation is 1. The van der Waals surface area contributed by atoms with Gasteiger partial charge in [0.25, 0.3) is 0 Å². The number of sulfonamides is 1. The molecule has 1 amide bonds. The Labute approximate surface area is 178 Å². The number of ether oxygens (including phenoxy) is 1. The first-order chi connectivity index (χ1) is 14.6. The van der Waals surface area contributed by atoms with Gasteiger partial charge in [-0.25, -0.2) is 22.0 Å². The lowest BCUT2D eigenvalue weighted by molar-refractivity contribution is -0.126. The molecular formula is C20H22F2N2O6S. The summed E-state index contributed by atoms with van der Waals surface area (Å²) in [5.41, 5.74) is 0.273. The number of hydrogen-bond acceptors (Lipinski definition) is 6. The minimum atomic E-state index is -4.20. The molecule has 0 saturated carbocycles. The average molecular weight is 456 g/mol. The van der Waals surface area contributed by atoms with E-state index < -0.39 is 38.4 Å². The van der Waals surface area contributed by atoms with Crippen LogP contribution in [0, 0.1) is 24.5 Å². The Hall–Kier alpha value is -2.79. The monoisotopic (exact) mass is 456 g/mol. The van der Waals surface area contributed by atoms with Crippen LogP contribution in [0.5, 0.6) is 0 Å². The Kier molecular flexibility index (Phi) is 6.75. The minimum Gasteiger partial charge on any atom is -0.465 e. The summed E-state index contributed by atoms with van der Waals surface area (Å²) in [4.78, 5) is 23.4. The third-order valence-electron chi connectivity index (χ3n) is 5.15. The van der Waals surface area contributed by atoms with E-state index in [-0.39, 0.29) is 43.9 Å². The highest BCUT2D eigenvalue weighted by atomic mass is 32.2. The number of carbonyl (C=O) groups excluding carboxylic acids is 2. The van der Waals surface area contributed by atoms with E-state index in [1.807, 2.05) is 0 Å².